The van der Waals surface area contributed by atoms with Crippen molar-refractivity contribution in [1.29, 1.82) is 0 Å². The zero-order chi connectivity index (χ0) is 17.6. The van der Waals surface area contributed by atoms with Gasteiger partial charge < -0.3 is 4.74 Å². The number of thioether (sulfide) groups is 1. The number of carbonyl (C=O) groups excluding carboxylic acids is 1. The Kier molecular flexibility index (Phi) is 5.53. The molecule has 1 N–H and O–H groups in total. The first-order valence-electron chi connectivity index (χ1n) is 7.35. The van der Waals surface area contributed by atoms with Gasteiger partial charge in [0.15, 0.2) is 5.17 Å². The molecule has 3 rings (SSSR count). The Balaban J connectivity index is 1.68. The topological polar surface area (TPSA) is 63.1 Å². The summed E-state index contributed by atoms with van der Waals surface area (Å²) >= 11 is 7.07. The van der Waals surface area contributed by atoms with Crippen molar-refractivity contribution >= 4 is 46.7 Å². The van der Waals surface area contributed by atoms with Crippen LogP contribution < -0.4 is 10.1 Å². The summed E-state index contributed by atoms with van der Waals surface area (Å²) in [6.45, 7) is 0. The van der Waals surface area contributed by atoms with Crippen molar-refractivity contribution in [3.63, 3.8) is 0 Å². The molecule has 0 spiro atoms. The third kappa shape index (κ3) is 4.71. The van der Waals surface area contributed by atoms with E-state index in [2.05, 4.69) is 15.5 Å². The largest absolute Gasteiger partial charge is 0.497 e. The van der Waals surface area contributed by atoms with Crippen molar-refractivity contribution in [3.05, 3.63) is 69.6 Å². The zero-order valence-corrected chi connectivity index (χ0v) is 14.8. The Labute approximate surface area is 154 Å². The van der Waals surface area contributed by atoms with Gasteiger partial charge in [-0.15, -0.1) is 5.10 Å². The normalized spacial score (nSPS) is 17.4. The van der Waals surface area contributed by atoms with Crippen LogP contribution in [-0.4, -0.2) is 24.4 Å². The molecule has 0 atom stereocenters. The van der Waals surface area contributed by atoms with E-state index in [-0.39, 0.29) is 5.91 Å². The molecule has 1 heterocycles. The average Bonchev–Trinajstić information content (AvgIpc) is 2.97. The maximum absolute atomic E-state index is 12.0. The summed E-state index contributed by atoms with van der Waals surface area (Å²) in [6.07, 6.45) is 3.39. The van der Waals surface area contributed by atoms with Gasteiger partial charge in [0.1, 0.15) is 5.75 Å². The monoisotopic (exact) mass is 371 g/mol. The van der Waals surface area contributed by atoms with Crippen molar-refractivity contribution in [3.8, 4) is 5.75 Å². The SMILES string of the molecule is COc1ccc(/C=C2\S/C(=N/N=Cc3ccc(Cl)cc3)NC2=O)cc1. The van der Waals surface area contributed by atoms with E-state index in [4.69, 9.17) is 16.3 Å². The van der Waals surface area contributed by atoms with E-state index in [9.17, 15) is 4.79 Å². The van der Waals surface area contributed by atoms with Gasteiger partial charge in [-0.1, -0.05) is 35.9 Å². The molecule has 0 aromatic heterocycles. The van der Waals surface area contributed by atoms with E-state index < -0.39 is 0 Å². The summed E-state index contributed by atoms with van der Waals surface area (Å²) in [5.41, 5.74) is 1.78. The first-order valence-corrected chi connectivity index (χ1v) is 8.55. The fourth-order valence-electron chi connectivity index (χ4n) is 2.02. The third-order valence-electron chi connectivity index (χ3n) is 3.29. The summed E-state index contributed by atoms with van der Waals surface area (Å²) in [7, 11) is 1.61. The molecule has 0 saturated carbocycles. The number of ether oxygens (including phenoxy) is 1. The van der Waals surface area contributed by atoms with Crippen LogP contribution in [0.2, 0.25) is 5.02 Å². The maximum Gasteiger partial charge on any atom is 0.264 e. The van der Waals surface area contributed by atoms with Gasteiger partial charge in [0, 0.05) is 5.02 Å². The van der Waals surface area contributed by atoms with E-state index >= 15 is 0 Å². The molecular weight excluding hydrogens is 358 g/mol. The van der Waals surface area contributed by atoms with E-state index in [0.29, 0.717) is 15.1 Å². The number of amidine groups is 1. The highest BCUT2D eigenvalue weighted by atomic mass is 35.5. The lowest BCUT2D eigenvalue weighted by Gasteiger charge is -1.99. The Hall–Kier alpha value is -2.57. The van der Waals surface area contributed by atoms with Gasteiger partial charge in [0.2, 0.25) is 0 Å². The maximum atomic E-state index is 12.0. The summed E-state index contributed by atoms with van der Waals surface area (Å²) in [4.78, 5) is 12.6. The number of hydrogen-bond donors (Lipinski definition) is 1. The summed E-state index contributed by atoms with van der Waals surface area (Å²) in [5, 5.41) is 11.8. The zero-order valence-electron chi connectivity index (χ0n) is 13.3. The molecule has 1 aliphatic rings. The smallest absolute Gasteiger partial charge is 0.264 e. The lowest BCUT2D eigenvalue weighted by atomic mass is 10.2. The van der Waals surface area contributed by atoms with E-state index in [0.717, 1.165) is 16.9 Å². The third-order valence-corrected chi connectivity index (χ3v) is 4.44. The predicted octanol–water partition coefficient (Wildman–Crippen LogP) is 3.94. The molecule has 0 unspecified atom stereocenters. The van der Waals surface area contributed by atoms with Crippen LogP contribution in [-0.2, 0) is 4.79 Å². The highest BCUT2D eigenvalue weighted by molar-refractivity contribution is 8.18. The Morgan fingerprint density at radius 1 is 1.08 bits per heavy atom. The molecule has 126 valence electrons. The molecular formula is C18H14ClN3O2S. The van der Waals surface area contributed by atoms with Gasteiger partial charge in [-0.25, -0.2) is 0 Å². The molecule has 2 aromatic carbocycles. The van der Waals surface area contributed by atoms with Crippen LogP contribution in [0.5, 0.6) is 5.75 Å². The van der Waals surface area contributed by atoms with Gasteiger partial charge in [0.25, 0.3) is 5.91 Å². The molecule has 0 aliphatic carbocycles. The first kappa shape index (κ1) is 17.3. The Bertz CT molecular complexity index is 859. The number of halogens is 1. The standard InChI is InChI=1S/C18H14ClN3O2S/c1-24-15-8-4-12(5-9-15)10-16-17(23)21-18(25-16)22-20-11-13-2-6-14(19)7-3-13/h2-11H,1H3,(H,21,22,23)/b16-10-,20-11?. The van der Waals surface area contributed by atoms with E-state index in [1.165, 1.54) is 11.8 Å². The molecule has 5 nitrogen and oxygen atoms in total. The van der Waals surface area contributed by atoms with Gasteiger partial charge >= 0.3 is 0 Å². The number of carbonyl (C=O) groups is 1. The summed E-state index contributed by atoms with van der Waals surface area (Å²) in [6, 6.07) is 14.7. The van der Waals surface area contributed by atoms with Crippen molar-refractivity contribution in [2.45, 2.75) is 0 Å². The minimum absolute atomic E-state index is 0.193. The van der Waals surface area contributed by atoms with Gasteiger partial charge in [-0.2, -0.15) is 5.10 Å². The minimum atomic E-state index is -0.193. The van der Waals surface area contributed by atoms with Crippen molar-refractivity contribution in [2.75, 3.05) is 7.11 Å². The van der Waals surface area contributed by atoms with Crippen LogP contribution >= 0.6 is 23.4 Å². The molecule has 7 heteroatoms. The molecule has 1 fully saturated rings. The number of nitrogens with zero attached hydrogens (tertiary/aromatic N) is 2. The fraction of sp³-hybridized carbons (Fsp3) is 0.0556. The Morgan fingerprint density at radius 3 is 2.44 bits per heavy atom. The second-order valence-corrected chi connectivity index (χ2v) is 6.51. The van der Waals surface area contributed by atoms with Gasteiger partial charge in [0.05, 0.1) is 18.2 Å². The van der Waals surface area contributed by atoms with Crippen molar-refractivity contribution in [1.82, 2.24) is 5.32 Å². The van der Waals surface area contributed by atoms with Crippen molar-refractivity contribution < 1.29 is 9.53 Å². The molecule has 0 bridgehead atoms. The van der Waals surface area contributed by atoms with Crippen LogP contribution in [0.25, 0.3) is 6.08 Å². The molecule has 25 heavy (non-hydrogen) atoms. The highest BCUT2D eigenvalue weighted by Crippen LogP contribution is 2.26. The van der Waals surface area contributed by atoms with Gasteiger partial charge in [-0.3, -0.25) is 10.1 Å². The second kappa shape index (κ2) is 8.00. The lowest BCUT2D eigenvalue weighted by molar-refractivity contribution is -0.115. The first-order chi connectivity index (χ1) is 12.1. The number of methoxy groups -OCH3 is 1. The van der Waals surface area contributed by atoms with Crippen LogP contribution in [0, 0.1) is 0 Å². The molecule has 1 aliphatic heterocycles. The number of nitrogens with one attached hydrogen (secondary N) is 1. The number of benzene rings is 2. The van der Waals surface area contributed by atoms with Crippen LogP contribution in [0.4, 0.5) is 0 Å². The molecule has 1 amide bonds. The highest BCUT2D eigenvalue weighted by Gasteiger charge is 2.23. The Morgan fingerprint density at radius 2 is 1.76 bits per heavy atom. The van der Waals surface area contributed by atoms with E-state index in [1.54, 1.807) is 31.5 Å². The number of amides is 1. The quantitative estimate of drug-likeness (QED) is 0.503. The van der Waals surface area contributed by atoms with Crippen LogP contribution in [0.15, 0.2) is 63.6 Å². The van der Waals surface area contributed by atoms with E-state index in [1.807, 2.05) is 36.4 Å². The second-order valence-electron chi connectivity index (χ2n) is 5.04. The molecule has 1 saturated heterocycles. The number of hydrogen-bond acceptors (Lipinski definition) is 5. The molecule has 0 radical (unpaired) electrons. The molecule has 2 aromatic rings. The van der Waals surface area contributed by atoms with Crippen molar-refractivity contribution in [2.24, 2.45) is 10.2 Å². The minimum Gasteiger partial charge on any atom is -0.497 e. The lowest BCUT2D eigenvalue weighted by Crippen LogP contribution is -2.19. The summed E-state index contributed by atoms with van der Waals surface area (Å²) < 4.78 is 5.12. The predicted molar refractivity (Wildman–Crippen MR) is 103 cm³/mol. The van der Waals surface area contributed by atoms with Crippen LogP contribution in [0.3, 0.4) is 0 Å². The number of rotatable bonds is 4. The average molecular weight is 372 g/mol. The fourth-order valence-corrected chi connectivity index (χ4v) is 2.93. The van der Waals surface area contributed by atoms with Crippen LogP contribution in [0.1, 0.15) is 11.1 Å². The summed E-state index contributed by atoms with van der Waals surface area (Å²) in [5.74, 6) is 0.575. The van der Waals surface area contributed by atoms with Gasteiger partial charge in [-0.05, 0) is 53.2 Å².